The summed E-state index contributed by atoms with van der Waals surface area (Å²) in [7, 11) is 0. The van der Waals surface area contributed by atoms with Gasteiger partial charge >= 0.3 is 6.18 Å². The van der Waals surface area contributed by atoms with Gasteiger partial charge in [0.2, 0.25) is 11.8 Å². The summed E-state index contributed by atoms with van der Waals surface area (Å²) < 4.78 is 59.5. The first kappa shape index (κ1) is 24.9. The number of nitrogens with one attached hydrogen (secondary N) is 1. The van der Waals surface area contributed by atoms with Gasteiger partial charge in [-0.25, -0.2) is 4.39 Å². The second kappa shape index (κ2) is 8.80. The summed E-state index contributed by atoms with van der Waals surface area (Å²) in [5.74, 6) is -8.05. The van der Waals surface area contributed by atoms with Crippen LogP contribution in [-0.4, -0.2) is 40.7 Å². The van der Waals surface area contributed by atoms with Gasteiger partial charge in [-0.3, -0.25) is 24.5 Å². The lowest BCUT2D eigenvalue weighted by atomic mass is 9.84. The number of hydrogen-bond donors (Lipinski definition) is 2. The molecule has 1 fully saturated rings. The molecule has 4 rings (SSSR count). The number of amides is 4. The van der Waals surface area contributed by atoms with Crippen LogP contribution in [0.2, 0.25) is 10.0 Å². The van der Waals surface area contributed by atoms with Crippen molar-refractivity contribution < 1.29 is 36.7 Å². The standard InChI is InChI=1S/C22H15Cl2F4N3O4/c23-8-1-2-9(12(24)7-8)16(22(26,27)28)18-15-10(3-4-11(17(15)25)19(29)33)21(35)31(18)13-5-6-14(32)30-20(13)34/h1-4,7,13,16,18H,5-6H2,(H2,29,33)(H,30,32,34)/t13?,16-,18?/m1/s1. The number of carbonyl (C=O) groups is 4. The minimum Gasteiger partial charge on any atom is -0.366 e. The number of hydrogen-bond acceptors (Lipinski definition) is 4. The molecular formula is C22H15Cl2F4N3O4. The molecule has 2 aromatic carbocycles. The lowest BCUT2D eigenvalue weighted by Gasteiger charge is -2.39. The highest BCUT2D eigenvalue weighted by molar-refractivity contribution is 6.35. The number of fused-ring (bicyclic) bond motifs is 1. The van der Waals surface area contributed by atoms with E-state index in [1.54, 1.807) is 0 Å². The van der Waals surface area contributed by atoms with E-state index in [-0.39, 0.29) is 17.9 Å². The van der Waals surface area contributed by atoms with Crippen molar-refractivity contribution in [3.8, 4) is 0 Å². The van der Waals surface area contributed by atoms with Gasteiger partial charge < -0.3 is 10.6 Å². The van der Waals surface area contributed by atoms with Crippen LogP contribution < -0.4 is 11.1 Å². The fraction of sp³-hybridized carbons (Fsp3) is 0.273. The van der Waals surface area contributed by atoms with E-state index in [1.807, 2.05) is 5.32 Å². The predicted molar refractivity (Wildman–Crippen MR) is 115 cm³/mol. The summed E-state index contributed by atoms with van der Waals surface area (Å²) in [5, 5.41) is 1.62. The quantitative estimate of drug-likeness (QED) is 0.460. The minimum atomic E-state index is -5.11. The first-order valence-corrected chi connectivity index (χ1v) is 10.9. The Hall–Kier alpha value is -3.18. The van der Waals surface area contributed by atoms with Crippen molar-refractivity contribution in [3.05, 3.63) is 68.4 Å². The van der Waals surface area contributed by atoms with Crippen LogP contribution in [-0.2, 0) is 9.59 Å². The maximum absolute atomic E-state index is 15.5. The zero-order valence-electron chi connectivity index (χ0n) is 17.5. The van der Waals surface area contributed by atoms with Crippen LogP contribution in [0.5, 0.6) is 0 Å². The maximum atomic E-state index is 15.5. The minimum absolute atomic E-state index is 0.0341. The highest BCUT2D eigenvalue weighted by Gasteiger charge is 2.57. The molecule has 35 heavy (non-hydrogen) atoms. The van der Waals surface area contributed by atoms with Crippen LogP contribution in [0.4, 0.5) is 17.6 Å². The highest BCUT2D eigenvalue weighted by atomic mass is 35.5. The lowest BCUT2D eigenvalue weighted by molar-refractivity contribution is -0.167. The number of alkyl halides is 3. The third kappa shape index (κ3) is 4.23. The van der Waals surface area contributed by atoms with Crippen LogP contribution in [0.15, 0.2) is 30.3 Å². The lowest BCUT2D eigenvalue weighted by Crippen LogP contribution is -2.55. The molecule has 1 saturated heterocycles. The molecule has 2 aliphatic heterocycles. The van der Waals surface area contributed by atoms with Crippen LogP contribution in [0.25, 0.3) is 0 Å². The normalized spacial score (nSPS) is 21.1. The van der Waals surface area contributed by atoms with Gasteiger partial charge in [0.25, 0.3) is 11.8 Å². The number of carbonyl (C=O) groups excluding carboxylic acids is 4. The van der Waals surface area contributed by atoms with E-state index in [2.05, 4.69) is 0 Å². The van der Waals surface area contributed by atoms with Crippen molar-refractivity contribution in [3.63, 3.8) is 0 Å². The smallest absolute Gasteiger partial charge is 0.366 e. The van der Waals surface area contributed by atoms with E-state index in [1.165, 1.54) is 0 Å². The summed E-state index contributed by atoms with van der Waals surface area (Å²) in [6, 6.07) is 1.40. The SMILES string of the molecule is NC(=O)c1ccc2c(c1F)C([C@@H](c1ccc(Cl)cc1Cl)C(F)(F)F)N(C1CCC(=O)NC1=O)C2=O. The molecular weight excluding hydrogens is 517 g/mol. The van der Waals surface area contributed by atoms with Crippen LogP contribution >= 0.6 is 23.2 Å². The van der Waals surface area contributed by atoms with Gasteiger partial charge in [0.1, 0.15) is 17.8 Å². The summed E-state index contributed by atoms with van der Waals surface area (Å²) >= 11 is 11.9. The molecule has 0 bridgehead atoms. The van der Waals surface area contributed by atoms with Gasteiger partial charge in [0.15, 0.2) is 0 Å². The Morgan fingerprint density at radius 1 is 1.14 bits per heavy atom. The Kier molecular flexibility index (Phi) is 6.26. The third-order valence-corrected chi connectivity index (χ3v) is 6.58. The molecule has 0 radical (unpaired) electrons. The Morgan fingerprint density at radius 2 is 1.83 bits per heavy atom. The van der Waals surface area contributed by atoms with Gasteiger partial charge in [-0.15, -0.1) is 0 Å². The molecule has 0 saturated carbocycles. The molecule has 7 nitrogen and oxygen atoms in total. The van der Waals surface area contributed by atoms with E-state index in [0.717, 1.165) is 30.3 Å². The van der Waals surface area contributed by atoms with E-state index in [0.29, 0.717) is 4.90 Å². The van der Waals surface area contributed by atoms with Crippen LogP contribution in [0.3, 0.4) is 0 Å². The molecule has 2 aromatic rings. The van der Waals surface area contributed by atoms with Crippen molar-refractivity contribution in [1.82, 2.24) is 10.2 Å². The summed E-state index contributed by atoms with van der Waals surface area (Å²) in [6.07, 6.45) is -5.65. The van der Waals surface area contributed by atoms with Crippen molar-refractivity contribution in [2.75, 3.05) is 0 Å². The van der Waals surface area contributed by atoms with Gasteiger partial charge in [-0.2, -0.15) is 13.2 Å². The molecule has 0 aromatic heterocycles. The second-order valence-corrected chi connectivity index (χ2v) is 8.91. The first-order chi connectivity index (χ1) is 16.3. The largest absolute Gasteiger partial charge is 0.398 e. The Morgan fingerprint density at radius 3 is 2.40 bits per heavy atom. The molecule has 2 heterocycles. The van der Waals surface area contributed by atoms with E-state index in [4.69, 9.17) is 28.9 Å². The highest BCUT2D eigenvalue weighted by Crippen LogP contribution is 2.54. The number of nitrogens with two attached hydrogens (primary N) is 1. The zero-order chi connectivity index (χ0) is 25.8. The fourth-order valence-corrected chi connectivity index (χ4v) is 5.08. The van der Waals surface area contributed by atoms with Crippen molar-refractivity contribution in [2.24, 2.45) is 5.73 Å². The van der Waals surface area contributed by atoms with Crippen molar-refractivity contribution in [1.29, 1.82) is 0 Å². The summed E-state index contributed by atoms with van der Waals surface area (Å²) in [6.45, 7) is 0. The maximum Gasteiger partial charge on any atom is 0.398 e. The van der Waals surface area contributed by atoms with Crippen LogP contribution in [0, 0.1) is 5.82 Å². The van der Waals surface area contributed by atoms with E-state index in [9.17, 15) is 32.3 Å². The summed E-state index contributed by atoms with van der Waals surface area (Å²) in [4.78, 5) is 49.9. The number of imide groups is 1. The summed E-state index contributed by atoms with van der Waals surface area (Å²) in [5.41, 5.74) is 2.70. The molecule has 4 amide bonds. The number of benzene rings is 2. The van der Waals surface area contributed by atoms with Crippen LogP contribution in [0.1, 0.15) is 56.6 Å². The monoisotopic (exact) mass is 531 g/mol. The molecule has 0 spiro atoms. The number of primary amides is 1. The fourth-order valence-electron chi connectivity index (χ4n) is 4.55. The number of rotatable bonds is 4. The van der Waals surface area contributed by atoms with Gasteiger partial charge in [-0.1, -0.05) is 29.3 Å². The molecule has 0 aliphatic carbocycles. The predicted octanol–water partition coefficient (Wildman–Crippen LogP) is 3.88. The molecule has 3 N–H and O–H groups in total. The Labute approximate surface area is 205 Å². The average molecular weight is 532 g/mol. The average Bonchev–Trinajstić information content (AvgIpc) is 3.02. The van der Waals surface area contributed by atoms with Gasteiger partial charge in [-0.05, 0) is 36.2 Å². The topological polar surface area (TPSA) is 110 Å². The van der Waals surface area contributed by atoms with Gasteiger partial charge in [0.05, 0.1) is 11.6 Å². The molecule has 2 aliphatic rings. The van der Waals surface area contributed by atoms with E-state index >= 15 is 4.39 Å². The molecule has 184 valence electrons. The molecule has 2 unspecified atom stereocenters. The number of nitrogens with zero attached hydrogens (tertiary/aromatic N) is 1. The zero-order valence-corrected chi connectivity index (χ0v) is 19.0. The Balaban J connectivity index is 2.01. The van der Waals surface area contributed by atoms with Crippen molar-refractivity contribution in [2.45, 2.75) is 37.0 Å². The molecule has 13 heteroatoms. The Bertz CT molecular complexity index is 1280. The molecule has 3 atom stereocenters. The first-order valence-electron chi connectivity index (χ1n) is 10.1. The second-order valence-electron chi connectivity index (χ2n) is 8.06. The number of halogens is 6. The number of piperidine rings is 1. The third-order valence-electron chi connectivity index (χ3n) is 6.02. The van der Waals surface area contributed by atoms with Gasteiger partial charge in [0, 0.05) is 27.6 Å². The van der Waals surface area contributed by atoms with Crippen molar-refractivity contribution >= 4 is 46.8 Å². The van der Waals surface area contributed by atoms with E-state index < -0.39 is 80.9 Å².